The number of aromatic hydroxyl groups is 4. The summed E-state index contributed by atoms with van der Waals surface area (Å²) in [6.45, 7) is 25.4. The topological polar surface area (TPSA) is 80.9 Å². The first-order valence-electron chi connectivity index (χ1n) is 17.9. The second kappa shape index (κ2) is 12.8. The molecule has 4 N–H and O–H groups in total. The van der Waals surface area contributed by atoms with Crippen LogP contribution in [0.4, 0.5) is 0 Å². The molecule has 1 atom stereocenters. The van der Waals surface area contributed by atoms with Crippen LogP contribution in [0.15, 0.2) is 97.1 Å². The SMILES string of the molecule is Cc1ccc(O)c(C(C)(c2cccc(C(C)(c3cc(C(C)(C)C)ccc3O)c3cc(C(C)(C)C)ccc3O)c2)c2cc(C(C)(C)C)ccc2O)c1. The van der Waals surface area contributed by atoms with Crippen LogP contribution in [-0.4, -0.2) is 20.4 Å². The predicted octanol–water partition coefficient (Wildman–Crippen LogP) is 11.4. The van der Waals surface area contributed by atoms with E-state index in [9.17, 15) is 20.4 Å². The van der Waals surface area contributed by atoms with Gasteiger partial charge < -0.3 is 20.4 Å². The van der Waals surface area contributed by atoms with Gasteiger partial charge in [0.25, 0.3) is 0 Å². The smallest absolute Gasteiger partial charge is 0.120 e. The molecule has 0 aliphatic heterocycles. The first kappa shape index (κ1) is 37.6. The third-order valence-electron chi connectivity index (χ3n) is 10.9. The largest absolute Gasteiger partial charge is 0.508 e. The third kappa shape index (κ3) is 6.86. The Morgan fingerprint density at radius 2 is 0.627 bits per heavy atom. The monoisotopic (exact) mass is 684 g/mol. The Kier molecular flexibility index (Phi) is 9.43. The molecule has 0 aliphatic rings. The van der Waals surface area contributed by atoms with E-state index in [0.717, 1.165) is 33.4 Å². The molecule has 0 aromatic heterocycles. The first-order chi connectivity index (χ1) is 23.5. The van der Waals surface area contributed by atoms with Gasteiger partial charge in [0.1, 0.15) is 23.0 Å². The Labute approximate surface area is 305 Å². The van der Waals surface area contributed by atoms with Crippen LogP contribution >= 0.6 is 0 Å². The van der Waals surface area contributed by atoms with E-state index in [0.29, 0.717) is 22.3 Å². The number of hydrogen-bond donors (Lipinski definition) is 4. The molecule has 51 heavy (non-hydrogen) atoms. The summed E-state index contributed by atoms with van der Waals surface area (Å²) < 4.78 is 0. The number of benzene rings is 5. The third-order valence-corrected chi connectivity index (χ3v) is 10.9. The van der Waals surface area contributed by atoms with Crippen LogP contribution in [0.5, 0.6) is 23.0 Å². The summed E-state index contributed by atoms with van der Waals surface area (Å²) in [7, 11) is 0. The van der Waals surface area contributed by atoms with Gasteiger partial charge in [-0.25, -0.2) is 0 Å². The van der Waals surface area contributed by atoms with E-state index in [-0.39, 0.29) is 39.2 Å². The molecule has 268 valence electrons. The van der Waals surface area contributed by atoms with Crippen molar-refractivity contribution in [1.29, 1.82) is 0 Å². The van der Waals surface area contributed by atoms with Gasteiger partial charge in [-0.15, -0.1) is 0 Å². The molecular formula is C47H56O4. The number of aryl methyl sites for hydroxylation is 1. The molecule has 0 amide bonds. The number of phenols is 4. The fourth-order valence-electron chi connectivity index (χ4n) is 7.31. The summed E-state index contributed by atoms with van der Waals surface area (Å²) in [4.78, 5) is 0. The van der Waals surface area contributed by atoms with Crippen molar-refractivity contribution in [1.82, 2.24) is 0 Å². The van der Waals surface area contributed by atoms with Crippen molar-refractivity contribution >= 4 is 0 Å². The molecule has 0 heterocycles. The van der Waals surface area contributed by atoms with E-state index >= 15 is 0 Å². The highest BCUT2D eigenvalue weighted by Crippen LogP contribution is 2.51. The minimum Gasteiger partial charge on any atom is -0.508 e. The fourth-order valence-corrected chi connectivity index (χ4v) is 7.31. The molecule has 4 heteroatoms. The molecule has 5 aromatic rings. The van der Waals surface area contributed by atoms with E-state index in [1.54, 1.807) is 24.3 Å². The highest BCUT2D eigenvalue weighted by Gasteiger charge is 2.41. The van der Waals surface area contributed by atoms with Crippen molar-refractivity contribution in [3.63, 3.8) is 0 Å². The lowest BCUT2D eigenvalue weighted by Crippen LogP contribution is -2.30. The van der Waals surface area contributed by atoms with Gasteiger partial charge >= 0.3 is 0 Å². The molecule has 0 bridgehead atoms. The molecule has 0 fully saturated rings. The summed E-state index contributed by atoms with van der Waals surface area (Å²) in [6, 6.07) is 31.1. The highest BCUT2D eigenvalue weighted by atomic mass is 16.3. The van der Waals surface area contributed by atoms with E-state index in [1.165, 1.54) is 0 Å². The van der Waals surface area contributed by atoms with E-state index in [2.05, 4.69) is 100 Å². The second-order valence-electron chi connectivity index (χ2n) is 17.8. The van der Waals surface area contributed by atoms with Crippen molar-refractivity contribution in [3.8, 4) is 23.0 Å². The average molecular weight is 685 g/mol. The number of phenolic OH excluding ortho intramolecular Hbond substituents is 4. The number of hydrogen-bond acceptors (Lipinski definition) is 4. The quantitative estimate of drug-likeness (QED) is 0.134. The Bertz CT molecular complexity index is 2020. The molecule has 5 aromatic carbocycles. The standard InChI is InChI=1S/C47H56O4/c1-29-16-20-39(48)35(24-29)46(11,36-26-30(43(2,3)4)17-21-40(36)49)33-14-13-15-34(25-33)47(12,37-27-31(44(5,6)7)18-22-41(37)50)38-28-32(45(8,9)10)19-23-42(38)51/h13-28,48-51H,1-12H3. The van der Waals surface area contributed by atoms with Crippen LogP contribution in [0.25, 0.3) is 0 Å². The molecule has 4 nitrogen and oxygen atoms in total. The molecular weight excluding hydrogens is 629 g/mol. The molecule has 0 radical (unpaired) electrons. The van der Waals surface area contributed by atoms with Crippen LogP contribution in [0.2, 0.25) is 0 Å². The van der Waals surface area contributed by atoms with Gasteiger partial charge in [-0.3, -0.25) is 0 Å². The minimum atomic E-state index is -1.03. The average Bonchev–Trinajstić information content (AvgIpc) is 3.04. The van der Waals surface area contributed by atoms with Crippen molar-refractivity contribution < 1.29 is 20.4 Å². The van der Waals surface area contributed by atoms with Gasteiger partial charge in [0.05, 0.1) is 0 Å². The maximum absolute atomic E-state index is 11.7. The van der Waals surface area contributed by atoms with Gasteiger partial charge in [-0.05, 0) is 89.1 Å². The highest BCUT2D eigenvalue weighted by molar-refractivity contribution is 5.64. The zero-order valence-electron chi connectivity index (χ0n) is 32.5. The maximum Gasteiger partial charge on any atom is 0.120 e. The molecule has 0 saturated carbocycles. The van der Waals surface area contributed by atoms with Crippen LogP contribution in [0, 0.1) is 6.92 Å². The lowest BCUT2D eigenvalue weighted by Gasteiger charge is -2.38. The summed E-state index contributed by atoms with van der Waals surface area (Å²) in [6.07, 6.45) is 0. The molecule has 0 aliphatic carbocycles. The maximum atomic E-state index is 11.7. The van der Waals surface area contributed by atoms with Gasteiger partial charge in [-0.1, -0.05) is 141 Å². The van der Waals surface area contributed by atoms with Gasteiger partial charge in [0.2, 0.25) is 0 Å². The lowest BCUT2D eigenvalue weighted by atomic mass is 9.65. The summed E-state index contributed by atoms with van der Waals surface area (Å²) >= 11 is 0. The van der Waals surface area contributed by atoms with Crippen molar-refractivity contribution in [2.75, 3.05) is 0 Å². The molecule has 0 saturated heterocycles. The van der Waals surface area contributed by atoms with E-state index < -0.39 is 10.8 Å². The van der Waals surface area contributed by atoms with Crippen LogP contribution in [-0.2, 0) is 27.1 Å². The van der Waals surface area contributed by atoms with Gasteiger partial charge in [0, 0.05) is 33.1 Å². The van der Waals surface area contributed by atoms with Crippen molar-refractivity contribution in [3.05, 3.63) is 153 Å². The van der Waals surface area contributed by atoms with Crippen LogP contribution in [0.3, 0.4) is 0 Å². The zero-order valence-corrected chi connectivity index (χ0v) is 32.5. The predicted molar refractivity (Wildman–Crippen MR) is 211 cm³/mol. The summed E-state index contributed by atoms with van der Waals surface area (Å²) in [5, 5.41) is 46.6. The zero-order chi connectivity index (χ0) is 37.9. The van der Waals surface area contributed by atoms with Gasteiger partial charge in [0.15, 0.2) is 0 Å². The lowest BCUT2D eigenvalue weighted by molar-refractivity contribution is 0.439. The molecule has 0 spiro atoms. The second-order valence-corrected chi connectivity index (χ2v) is 17.8. The van der Waals surface area contributed by atoms with Crippen molar-refractivity contribution in [2.45, 2.75) is 110 Å². The Morgan fingerprint density at radius 3 is 0.941 bits per heavy atom. The molecule has 5 rings (SSSR count). The fraction of sp³-hybridized carbons (Fsp3) is 0.362. The Morgan fingerprint density at radius 1 is 0.333 bits per heavy atom. The van der Waals surface area contributed by atoms with Gasteiger partial charge in [-0.2, -0.15) is 0 Å². The van der Waals surface area contributed by atoms with Crippen molar-refractivity contribution in [2.24, 2.45) is 0 Å². The molecule has 1 unspecified atom stereocenters. The van der Waals surface area contributed by atoms with Crippen LogP contribution in [0.1, 0.15) is 132 Å². The first-order valence-corrected chi connectivity index (χ1v) is 17.9. The summed E-state index contributed by atoms with van der Waals surface area (Å²) in [5.41, 5.74) is 5.89. The van der Waals surface area contributed by atoms with E-state index in [4.69, 9.17) is 0 Å². The Balaban J connectivity index is 1.92. The number of rotatable bonds is 6. The summed E-state index contributed by atoms with van der Waals surface area (Å²) in [5.74, 6) is 0.519. The van der Waals surface area contributed by atoms with E-state index in [1.807, 2.05) is 55.5 Å². The minimum absolute atomic E-state index is 0.128. The van der Waals surface area contributed by atoms with Crippen LogP contribution < -0.4 is 0 Å². The Hall–Kier alpha value is -4.70. The normalized spacial score (nSPS) is 14.0.